The van der Waals surface area contributed by atoms with Gasteiger partial charge in [-0.05, 0) is 64.4 Å². The second kappa shape index (κ2) is 10.9. The largest absolute Gasteiger partial charge is 0.494 e. The van der Waals surface area contributed by atoms with Crippen LogP contribution >= 0.6 is 36.2 Å². The van der Waals surface area contributed by atoms with Gasteiger partial charge in [0.15, 0.2) is 0 Å². The normalized spacial score (nSPS) is 18.8. The van der Waals surface area contributed by atoms with Crippen LogP contribution in [0.5, 0.6) is 5.75 Å². The first-order chi connectivity index (χ1) is 12.1. The van der Waals surface area contributed by atoms with Gasteiger partial charge in [-0.3, -0.25) is 4.79 Å². The number of carbonyl (C=O) groups excluding carboxylic acids is 1. The van der Waals surface area contributed by atoms with Crippen LogP contribution < -0.4 is 15.4 Å². The van der Waals surface area contributed by atoms with Crippen LogP contribution in [0.1, 0.15) is 42.1 Å². The minimum absolute atomic E-state index is 0. The summed E-state index contributed by atoms with van der Waals surface area (Å²) in [7, 11) is 0. The summed E-state index contributed by atoms with van der Waals surface area (Å²) in [6.45, 7) is 7.61. The summed E-state index contributed by atoms with van der Waals surface area (Å²) in [5, 5.41) is 7.44. The molecule has 0 spiro atoms. The molecule has 1 aliphatic rings. The SMILES string of the molecule is CCOc1ccc(-c2nc(C)c(C(=O)NC3CCNC(C)C3)s2)cc1.Cl.Cl. The van der Waals surface area contributed by atoms with Gasteiger partial charge in [-0.15, -0.1) is 36.2 Å². The molecule has 2 aromatic rings. The van der Waals surface area contributed by atoms with Crippen molar-refractivity contribution in [1.29, 1.82) is 0 Å². The Morgan fingerprint density at radius 1 is 1.33 bits per heavy atom. The van der Waals surface area contributed by atoms with E-state index in [1.165, 1.54) is 11.3 Å². The Morgan fingerprint density at radius 2 is 2.04 bits per heavy atom. The van der Waals surface area contributed by atoms with E-state index in [1.54, 1.807) is 0 Å². The molecule has 8 heteroatoms. The lowest BCUT2D eigenvalue weighted by Gasteiger charge is -2.28. The second-order valence-corrected chi connectivity index (χ2v) is 7.44. The van der Waals surface area contributed by atoms with Gasteiger partial charge in [-0.25, -0.2) is 4.98 Å². The van der Waals surface area contributed by atoms with Gasteiger partial charge >= 0.3 is 0 Å². The van der Waals surface area contributed by atoms with Gasteiger partial charge in [-0.1, -0.05) is 0 Å². The predicted octanol–water partition coefficient (Wildman–Crippen LogP) is 4.23. The number of rotatable bonds is 5. The van der Waals surface area contributed by atoms with E-state index in [0.29, 0.717) is 17.5 Å². The van der Waals surface area contributed by atoms with Gasteiger partial charge in [0, 0.05) is 17.6 Å². The topological polar surface area (TPSA) is 63.2 Å². The highest BCUT2D eigenvalue weighted by molar-refractivity contribution is 7.17. The summed E-state index contributed by atoms with van der Waals surface area (Å²) in [5.74, 6) is 0.837. The Kier molecular flexibility index (Phi) is 9.53. The first kappa shape index (κ1) is 23.7. The molecular weight excluding hydrogens is 405 g/mol. The number of halogens is 2. The summed E-state index contributed by atoms with van der Waals surface area (Å²) in [5.41, 5.74) is 1.79. The van der Waals surface area contributed by atoms with Gasteiger partial charge < -0.3 is 15.4 Å². The monoisotopic (exact) mass is 431 g/mol. The van der Waals surface area contributed by atoms with Gasteiger partial charge in [-0.2, -0.15) is 0 Å². The summed E-state index contributed by atoms with van der Waals surface area (Å²) < 4.78 is 5.47. The maximum Gasteiger partial charge on any atom is 0.263 e. The highest BCUT2D eigenvalue weighted by Crippen LogP contribution is 2.29. The molecule has 1 aromatic heterocycles. The van der Waals surface area contributed by atoms with Crippen molar-refractivity contribution in [2.24, 2.45) is 0 Å². The number of amides is 1. The fourth-order valence-corrected chi connectivity index (χ4v) is 4.08. The van der Waals surface area contributed by atoms with Crippen LogP contribution in [0, 0.1) is 6.92 Å². The number of hydrogen-bond acceptors (Lipinski definition) is 5. The number of nitrogens with zero attached hydrogens (tertiary/aromatic N) is 1. The van der Waals surface area contributed by atoms with Gasteiger partial charge in [0.05, 0.1) is 12.3 Å². The Hall–Kier alpha value is -1.34. The number of ether oxygens (including phenoxy) is 1. The van der Waals surface area contributed by atoms with E-state index in [4.69, 9.17) is 4.74 Å². The lowest BCUT2D eigenvalue weighted by Crippen LogP contribution is -2.46. The molecule has 0 radical (unpaired) electrons. The average Bonchev–Trinajstić information content (AvgIpc) is 2.98. The van der Waals surface area contributed by atoms with Crippen LogP contribution in [0.2, 0.25) is 0 Å². The minimum Gasteiger partial charge on any atom is -0.494 e. The van der Waals surface area contributed by atoms with Crippen LogP contribution in [0.15, 0.2) is 24.3 Å². The molecule has 27 heavy (non-hydrogen) atoms. The molecule has 0 saturated carbocycles. The molecular formula is C19H27Cl2N3O2S. The van der Waals surface area contributed by atoms with Crippen molar-refractivity contribution in [3.05, 3.63) is 34.8 Å². The van der Waals surface area contributed by atoms with E-state index < -0.39 is 0 Å². The molecule has 1 amide bonds. The molecule has 0 bridgehead atoms. The third-order valence-electron chi connectivity index (χ3n) is 4.37. The molecule has 1 aromatic carbocycles. The number of nitrogens with one attached hydrogen (secondary N) is 2. The maximum absolute atomic E-state index is 12.6. The van der Waals surface area contributed by atoms with E-state index in [9.17, 15) is 4.79 Å². The lowest BCUT2D eigenvalue weighted by molar-refractivity contribution is 0.0929. The molecule has 150 valence electrons. The molecule has 0 aliphatic carbocycles. The maximum atomic E-state index is 12.6. The number of aryl methyl sites for hydroxylation is 1. The molecule has 5 nitrogen and oxygen atoms in total. The predicted molar refractivity (Wildman–Crippen MR) is 116 cm³/mol. The van der Waals surface area contributed by atoms with E-state index in [1.807, 2.05) is 38.1 Å². The van der Waals surface area contributed by atoms with E-state index in [0.717, 1.165) is 41.4 Å². The second-order valence-electron chi connectivity index (χ2n) is 6.44. The van der Waals surface area contributed by atoms with Crippen LogP contribution in [0.25, 0.3) is 10.6 Å². The van der Waals surface area contributed by atoms with Crippen molar-refractivity contribution in [3.8, 4) is 16.3 Å². The zero-order chi connectivity index (χ0) is 17.8. The molecule has 2 heterocycles. The highest BCUT2D eigenvalue weighted by atomic mass is 35.5. The zero-order valence-electron chi connectivity index (χ0n) is 15.8. The number of hydrogen-bond donors (Lipinski definition) is 2. The van der Waals surface area contributed by atoms with Crippen LogP contribution in [0.3, 0.4) is 0 Å². The van der Waals surface area contributed by atoms with Crippen LogP contribution in [-0.4, -0.2) is 36.1 Å². The average molecular weight is 432 g/mol. The van der Waals surface area contributed by atoms with E-state index >= 15 is 0 Å². The lowest BCUT2D eigenvalue weighted by atomic mass is 10.0. The van der Waals surface area contributed by atoms with E-state index in [-0.39, 0.29) is 36.8 Å². The Labute approximate surface area is 177 Å². The quantitative estimate of drug-likeness (QED) is 0.742. The number of piperidine rings is 1. The molecule has 2 atom stereocenters. The van der Waals surface area contributed by atoms with E-state index in [2.05, 4.69) is 22.5 Å². The number of benzene rings is 1. The van der Waals surface area contributed by atoms with Gasteiger partial charge in [0.2, 0.25) is 0 Å². The summed E-state index contributed by atoms with van der Waals surface area (Å²) >= 11 is 1.45. The van der Waals surface area contributed by atoms with Crippen LogP contribution in [0.4, 0.5) is 0 Å². The van der Waals surface area contributed by atoms with Crippen molar-refractivity contribution in [1.82, 2.24) is 15.6 Å². The fraction of sp³-hybridized carbons (Fsp3) is 0.474. The third-order valence-corrected chi connectivity index (χ3v) is 5.58. The minimum atomic E-state index is -0.00807. The molecule has 2 N–H and O–H groups in total. The number of aromatic nitrogens is 1. The Balaban J connectivity index is 0.00000182. The van der Waals surface area contributed by atoms with Gasteiger partial charge in [0.25, 0.3) is 5.91 Å². The zero-order valence-corrected chi connectivity index (χ0v) is 18.2. The van der Waals surface area contributed by atoms with Gasteiger partial charge in [0.1, 0.15) is 15.6 Å². The van der Waals surface area contributed by atoms with Crippen molar-refractivity contribution < 1.29 is 9.53 Å². The number of carbonyl (C=O) groups is 1. The fourth-order valence-electron chi connectivity index (χ4n) is 3.10. The molecule has 3 rings (SSSR count). The summed E-state index contributed by atoms with van der Waals surface area (Å²) in [6, 6.07) is 8.52. The molecule has 1 fully saturated rings. The van der Waals surface area contributed by atoms with Crippen molar-refractivity contribution in [2.75, 3.05) is 13.2 Å². The standard InChI is InChI=1S/C19H25N3O2S.2ClH/c1-4-24-16-7-5-14(6-8-16)19-21-13(3)17(25-19)18(23)22-15-9-10-20-12(2)11-15;;/h5-8,12,15,20H,4,9-11H2,1-3H3,(H,22,23);2*1H. The Morgan fingerprint density at radius 3 is 2.67 bits per heavy atom. The first-order valence-electron chi connectivity index (χ1n) is 8.81. The van der Waals surface area contributed by atoms with Crippen molar-refractivity contribution in [3.63, 3.8) is 0 Å². The first-order valence-corrected chi connectivity index (χ1v) is 9.63. The van der Waals surface area contributed by atoms with Crippen LogP contribution in [-0.2, 0) is 0 Å². The highest BCUT2D eigenvalue weighted by Gasteiger charge is 2.23. The third kappa shape index (κ3) is 6.07. The molecule has 1 saturated heterocycles. The smallest absolute Gasteiger partial charge is 0.263 e. The summed E-state index contributed by atoms with van der Waals surface area (Å²) in [4.78, 5) is 17.9. The Bertz CT molecular complexity index is 737. The number of thiazole rings is 1. The summed E-state index contributed by atoms with van der Waals surface area (Å²) in [6.07, 6.45) is 1.94. The molecule has 1 aliphatic heterocycles. The van der Waals surface area contributed by atoms with Crippen molar-refractivity contribution in [2.45, 2.75) is 45.7 Å². The van der Waals surface area contributed by atoms with Crippen molar-refractivity contribution >= 4 is 42.1 Å². The molecule has 2 unspecified atom stereocenters.